The maximum Gasteiger partial charge on any atom is 0.255 e. The number of ether oxygens (including phenoxy) is 1. The van der Waals surface area contributed by atoms with Crippen molar-refractivity contribution in [3.63, 3.8) is 0 Å². The third-order valence-electron chi connectivity index (χ3n) is 6.70. The molecule has 1 unspecified atom stereocenters. The number of nitrogens with zero attached hydrogens (tertiary/aromatic N) is 2. The highest BCUT2D eigenvalue weighted by atomic mass is 32.2. The fraction of sp³-hybridized carbons (Fsp3) is 0.233. The van der Waals surface area contributed by atoms with Crippen LogP contribution in [0.1, 0.15) is 40.9 Å². The number of aliphatic imine (C=N–C) groups is 1. The van der Waals surface area contributed by atoms with E-state index in [4.69, 9.17) is 9.73 Å². The summed E-state index contributed by atoms with van der Waals surface area (Å²) in [6.07, 6.45) is 0.996. The van der Waals surface area contributed by atoms with E-state index in [-0.39, 0.29) is 17.9 Å². The van der Waals surface area contributed by atoms with Gasteiger partial charge in [-0.15, -0.1) is 0 Å². The molecular formula is C30H30N4O3S. The topological polar surface area (TPSA) is 83.0 Å². The first-order valence-electron chi connectivity index (χ1n) is 12.6. The van der Waals surface area contributed by atoms with Gasteiger partial charge in [-0.3, -0.25) is 9.59 Å². The molecule has 0 spiro atoms. The normalized spacial score (nSPS) is 16.9. The van der Waals surface area contributed by atoms with Crippen LogP contribution in [0.15, 0.2) is 89.1 Å². The molecule has 8 heteroatoms. The molecule has 2 aliphatic rings. The molecule has 2 N–H and O–H groups in total. The van der Waals surface area contributed by atoms with Gasteiger partial charge in [0.25, 0.3) is 11.8 Å². The molecule has 5 rings (SSSR count). The molecule has 2 heterocycles. The molecule has 1 atom stereocenters. The Hall–Kier alpha value is -4.04. The Labute approximate surface area is 227 Å². The number of rotatable bonds is 6. The number of hydrogen-bond donors (Lipinski definition) is 2. The molecule has 194 valence electrons. The lowest BCUT2D eigenvalue weighted by Crippen LogP contribution is -2.43. The van der Waals surface area contributed by atoms with Crippen LogP contribution in [-0.2, 0) is 4.79 Å². The minimum atomic E-state index is -0.330. The number of carbonyl (C=O) groups is 2. The van der Waals surface area contributed by atoms with Gasteiger partial charge in [0, 0.05) is 29.2 Å². The van der Waals surface area contributed by atoms with Crippen molar-refractivity contribution < 1.29 is 14.3 Å². The van der Waals surface area contributed by atoms with Gasteiger partial charge in [-0.25, -0.2) is 4.99 Å². The lowest BCUT2D eigenvalue weighted by atomic mass is 9.93. The number of carbonyl (C=O) groups excluding carboxylic acids is 2. The summed E-state index contributed by atoms with van der Waals surface area (Å²) in [6, 6.07) is 22.2. The van der Waals surface area contributed by atoms with Gasteiger partial charge >= 0.3 is 0 Å². The number of methoxy groups -OCH3 is 1. The van der Waals surface area contributed by atoms with Crippen molar-refractivity contribution in [3.8, 4) is 5.75 Å². The van der Waals surface area contributed by atoms with Crippen molar-refractivity contribution in [1.82, 2.24) is 4.90 Å². The lowest BCUT2D eigenvalue weighted by Gasteiger charge is -2.41. The second-order valence-electron chi connectivity index (χ2n) is 9.27. The Kier molecular flexibility index (Phi) is 7.51. The minimum absolute atomic E-state index is 0.163. The smallest absolute Gasteiger partial charge is 0.255 e. The molecule has 0 radical (unpaired) electrons. The van der Waals surface area contributed by atoms with Crippen LogP contribution < -0.4 is 15.4 Å². The average molecular weight is 527 g/mol. The second kappa shape index (κ2) is 11.1. The van der Waals surface area contributed by atoms with Crippen LogP contribution in [-0.4, -0.2) is 41.3 Å². The van der Waals surface area contributed by atoms with Gasteiger partial charge in [0.05, 0.1) is 24.4 Å². The zero-order valence-electron chi connectivity index (χ0n) is 21.7. The Morgan fingerprint density at radius 2 is 1.71 bits per heavy atom. The Bertz CT molecular complexity index is 1430. The summed E-state index contributed by atoms with van der Waals surface area (Å²) < 4.78 is 5.24. The zero-order valence-corrected chi connectivity index (χ0v) is 22.5. The van der Waals surface area contributed by atoms with Crippen molar-refractivity contribution in [2.24, 2.45) is 4.99 Å². The van der Waals surface area contributed by atoms with Crippen LogP contribution >= 0.6 is 11.8 Å². The van der Waals surface area contributed by atoms with E-state index in [0.29, 0.717) is 28.2 Å². The van der Waals surface area contributed by atoms with Gasteiger partial charge in [-0.05, 0) is 73.9 Å². The number of amidine groups is 1. The molecular weight excluding hydrogens is 496 g/mol. The first kappa shape index (κ1) is 25.6. The SMILES string of the molecule is COc1ccc(NC(=O)C2=C(C)N=C3SCCCN3C2c2cccc(NC(=O)c3ccccc3C)c2)cc1. The fourth-order valence-corrected chi connectivity index (χ4v) is 5.81. The summed E-state index contributed by atoms with van der Waals surface area (Å²) in [7, 11) is 1.61. The summed E-state index contributed by atoms with van der Waals surface area (Å²) in [4.78, 5) is 33.7. The van der Waals surface area contributed by atoms with Crippen molar-refractivity contribution in [2.45, 2.75) is 26.3 Å². The number of aryl methyl sites for hydroxylation is 1. The van der Waals surface area contributed by atoms with Crippen LogP contribution in [0.3, 0.4) is 0 Å². The van der Waals surface area contributed by atoms with E-state index in [0.717, 1.165) is 40.8 Å². The summed E-state index contributed by atoms with van der Waals surface area (Å²) in [6.45, 7) is 4.60. The van der Waals surface area contributed by atoms with E-state index in [1.165, 1.54) is 0 Å². The number of fused-ring (bicyclic) bond motifs is 1. The Morgan fingerprint density at radius 1 is 0.947 bits per heavy atom. The number of thioether (sulfide) groups is 1. The summed E-state index contributed by atoms with van der Waals surface area (Å²) >= 11 is 1.71. The Balaban J connectivity index is 1.47. The van der Waals surface area contributed by atoms with E-state index in [1.54, 1.807) is 18.9 Å². The number of nitrogens with one attached hydrogen (secondary N) is 2. The van der Waals surface area contributed by atoms with E-state index >= 15 is 0 Å². The number of amides is 2. The second-order valence-corrected chi connectivity index (χ2v) is 10.3. The highest BCUT2D eigenvalue weighted by Crippen LogP contribution is 2.40. The van der Waals surface area contributed by atoms with Gasteiger partial charge < -0.3 is 20.3 Å². The molecule has 0 saturated carbocycles. The van der Waals surface area contributed by atoms with E-state index < -0.39 is 0 Å². The summed E-state index contributed by atoms with van der Waals surface area (Å²) in [5.74, 6) is 1.35. The van der Waals surface area contributed by atoms with Crippen LogP contribution in [0.25, 0.3) is 0 Å². The number of hydrogen-bond acceptors (Lipinski definition) is 6. The van der Waals surface area contributed by atoms with Gasteiger partial charge in [-0.1, -0.05) is 42.1 Å². The largest absolute Gasteiger partial charge is 0.497 e. The highest BCUT2D eigenvalue weighted by Gasteiger charge is 2.37. The molecule has 2 amide bonds. The molecule has 0 aromatic heterocycles. The van der Waals surface area contributed by atoms with E-state index in [1.807, 2.05) is 86.6 Å². The maximum absolute atomic E-state index is 13.7. The first-order valence-corrected chi connectivity index (χ1v) is 13.5. The molecule has 7 nitrogen and oxygen atoms in total. The zero-order chi connectivity index (χ0) is 26.6. The molecule has 2 aliphatic heterocycles. The van der Waals surface area contributed by atoms with Crippen LogP contribution in [0, 0.1) is 6.92 Å². The third kappa shape index (κ3) is 5.31. The van der Waals surface area contributed by atoms with Crippen molar-refractivity contribution >= 4 is 40.1 Å². The van der Waals surface area contributed by atoms with E-state index in [9.17, 15) is 9.59 Å². The molecule has 0 aliphatic carbocycles. The van der Waals surface area contributed by atoms with Gasteiger partial charge in [-0.2, -0.15) is 0 Å². The average Bonchev–Trinajstić information content (AvgIpc) is 2.93. The van der Waals surface area contributed by atoms with Crippen LogP contribution in [0.5, 0.6) is 5.75 Å². The summed E-state index contributed by atoms with van der Waals surface area (Å²) in [5.41, 5.74) is 5.10. The van der Waals surface area contributed by atoms with Crippen LogP contribution in [0.4, 0.5) is 11.4 Å². The number of allylic oxidation sites excluding steroid dienone is 1. The van der Waals surface area contributed by atoms with E-state index in [2.05, 4.69) is 15.5 Å². The predicted octanol–water partition coefficient (Wildman–Crippen LogP) is 6.02. The summed E-state index contributed by atoms with van der Waals surface area (Å²) in [5, 5.41) is 7.00. The van der Waals surface area contributed by atoms with Gasteiger partial charge in [0.1, 0.15) is 5.75 Å². The predicted molar refractivity (Wildman–Crippen MR) is 154 cm³/mol. The van der Waals surface area contributed by atoms with Crippen molar-refractivity contribution in [2.75, 3.05) is 30.0 Å². The molecule has 3 aromatic rings. The third-order valence-corrected chi connectivity index (χ3v) is 7.78. The van der Waals surface area contributed by atoms with Gasteiger partial charge in [0.2, 0.25) is 0 Å². The first-order chi connectivity index (χ1) is 18.4. The maximum atomic E-state index is 13.7. The fourth-order valence-electron chi connectivity index (χ4n) is 4.79. The van der Waals surface area contributed by atoms with Crippen LogP contribution in [0.2, 0.25) is 0 Å². The minimum Gasteiger partial charge on any atom is -0.497 e. The lowest BCUT2D eigenvalue weighted by molar-refractivity contribution is -0.113. The molecule has 3 aromatic carbocycles. The molecule has 0 bridgehead atoms. The number of benzene rings is 3. The Morgan fingerprint density at radius 3 is 2.47 bits per heavy atom. The monoisotopic (exact) mass is 526 g/mol. The van der Waals surface area contributed by atoms with Crippen molar-refractivity contribution in [3.05, 3.63) is 101 Å². The van der Waals surface area contributed by atoms with Gasteiger partial charge in [0.15, 0.2) is 5.17 Å². The number of anilines is 2. The molecule has 1 saturated heterocycles. The quantitative estimate of drug-likeness (QED) is 0.411. The highest BCUT2D eigenvalue weighted by molar-refractivity contribution is 8.13. The molecule has 1 fully saturated rings. The standard InChI is InChI=1S/C30H30N4O3S/c1-19-8-4-5-11-25(19)28(35)33-23-10-6-9-21(18-23)27-26(20(2)31-30-34(27)16-7-17-38-30)29(36)32-22-12-14-24(37-3)15-13-22/h4-6,8-15,18,27H,7,16-17H2,1-3H3,(H,32,36)(H,33,35). The van der Waals surface area contributed by atoms with Crippen molar-refractivity contribution in [1.29, 1.82) is 0 Å². The molecule has 38 heavy (non-hydrogen) atoms.